The Morgan fingerprint density at radius 2 is 2.00 bits per heavy atom. The monoisotopic (exact) mass is 177 g/mol. The average molecular weight is 177 g/mol. The molecular formula is C8H19NO3. The zero-order valence-corrected chi connectivity index (χ0v) is 7.57. The van der Waals surface area contributed by atoms with E-state index < -0.39 is 12.3 Å². The number of aliphatic hydroxyl groups excluding tert-OH is 2. The smallest absolute Gasteiger partial charge is 0.130 e. The Balaban J connectivity index is 3.08. The van der Waals surface area contributed by atoms with E-state index in [1.165, 1.54) is 0 Å². The molecule has 0 aliphatic carbocycles. The Bertz CT molecular complexity index is 98.3. The highest BCUT2D eigenvalue weighted by Gasteiger charge is 2.10. The van der Waals surface area contributed by atoms with Crippen LogP contribution in [0.5, 0.6) is 0 Å². The summed E-state index contributed by atoms with van der Waals surface area (Å²) in [5, 5.41) is 17.7. The second kappa shape index (κ2) is 7.49. The molecule has 0 radical (unpaired) electrons. The van der Waals surface area contributed by atoms with Gasteiger partial charge in [0.05, 0.1) is 6.61 Å². The maximum Gasteiger partial charge on any atom is 0.130 e. The van der Waals surface area contributed by atoms with Crippen molar-refractivity contribution in [1.82, 2.24) is 0 Å². The van der Waals surface area contributed by atoms with Crippen LogP contribution in [0.1, 0.15) is 26.2 Å². The van der Waals surface area contributed by atoms with Crippen LogP contribution >= 0.6 is 0 Å². The van der Waals surface area contributed by atoms with Crippen LogP contribution < -0.4 is 5.73 Å². The van der Waals surface area contributed by atoms with Crippen LogP contribution in [0.15, 0.2) is 0 Å². The van der Waals surface area contributed by atoms with Crippen LogP contribution in [-0.4, -0.2) is 35.8 Å². The van der Waals surface area contributed by atoms with Crippen LogP contribution in [0.25, 0.3) is 0 Å². The molecule has 12 heavy (non-hydrogen) atoms. The molecule has 0 aromatic rings. The molecule has 4 heteroatoms. The molecule has 4 nitrogen and oxygen atoms in total. The summed E-state index contributed by atoms with van der Waals surface area (Å²) < 4.78 is 5.07. The number of rotatable bonds is 7. The summed E-state index contributed by atoms with van der Waals surface area (Å²) in [4.78, 5) is 0. The third kappa shape index (κ3) is 6.54. The van der Waals surface area contributed by atoms with Gasteiger partial charge in [0.25, 0.3) is 0 Å². The second-order valence-electron chi connectivity index (χ2n) is 2.84. The number of aliphatic hydroxyl groups is 2. The summed E-state index contributed by atoms with van der Waals surface area (Å²) in [5.74, 6) is 0. The molecule has 0 bridgehead atoms. The Kier molecular flexibility index (Phi) is 7.39. The standard InChI is InChI=1S/C8H19NO3/c1-2-3-4-5-12-6-7(10)8(9)11/h7-8,10-11H,2-6,9H2,1H3. The van der Waals surface area contributed by atoms with Crippen molar-refractivity contribution in [2.45, 2.75) is 38.5 Å². The van der Waals surface area contributed by atoms with Gasteiger partial charge in [0, 0.05) is 6.61 Å². The Hall–Kier alpha value is -0.160. The lowest BCUT2D eigenvalue weighted by Gasteiger charge is -2.13. The molecule has 0 spiro atoms. The summed E-state index contributed by atoms with van der Waals surface area (Å²) in [6.45, 7) is 2.84. The van der Waals surface area contributed by atoms with E-state index in [4.69, 9.17) is 20.7 Å². The summed E-state index contributed by atoms with van der Waals surface area (Å²) in [6.07, 6.45) is 1.10. The maximum atomic E-state index is 8.98. The Morgan fingerprint density at radius 1 is 1.33 bits per heavy atom. The third-order valence-corrected chi connectivity index (χ3v) is 1.58. The van der Waals surface area contributed by atoms with Gasteiger partial charge in [-0.3, -0.25) is 0 Å². The first kappa shape index (κ1) is 11.8. The van der Waals surface area contributed by atoms with Crippen molar-refractivity contribution in [3.8, 4) is 0 Å². The van der Waals surface area contributed by atoms with Gasteiger partial charge >= 0.3 is 0 Å². The summed E-state index contributed by atoms with van der Waals surface area (Å²) in [6, 6.07) is 0. The maximum absolute atomic E-state index is 8.98. The van der Waals surface area contributed by atoms with Crippen molar-refractivity contribution >= 4 is 0 Å². The minimum atomic E-state index is -1.20. The van der Waals surface area contributed by atoms with E-state index in [0.717, 1.165) is 19.3 Å². The van der Waals surface area contributed by atoms with E-state index in [9.17, 15) is 0 Å². The van der Waals surface area contributed by atoms with Crippen molar-refractivity contribution in [3.63, 3.8) is 0 Å². The van der Waals surface area contributed by atoms with Gasteiger partial charge in [-0.05, 0) is 6.42 Å². The normalized spacial score (nSPS) is 16.0. The quantitative estimate of drug-likeness (QED) is 0.373. The molecule has 4 N–H and O–H groups in total. The first-order chi connectivity index (χ1) is 5.68. The van der Waals surface area contributed by atoms with Gasteiger partial charge in [-0.1, -0.05) is 19.8 Å². The van der Waals surface area contributed by atoms with Crippen LogP contribution in [0.2, 0.25) is 0 Å². The number of hydrogen-bond acceptors (Lipinski definition) is 4. The van der Waals surface area contributed by atoms with E-state index in [-0.39, 0.29) is 6.61 Å². The molecule has 0 aromatic carbocycles. The highest BCUT2D eigenvalue weighted by atomic mass is 16.5. The molecule has 0 rings (SSSR count). The number of unbranched alkanes of at least 4 members (excludes halogenated alkanes) is 2. The Labute approximate surface area is 73.3 Å². The molecule has 0 saturated heterocycles. The van der Waals surface area contributed by atoms with Crippen LogP contribution in [0.3, 0.4) is 0 Å². The molecule has 74 valence electrons. The minimum absolute atomic E-state index is 0.112. The molecule has 0 amide bonds. The molecule has 0 fully saturated rings. The summed E-state index contributed by atoms with van der Waals surface area (Å²) in [5.41, 5.74) is 5.00. The first-order valence-corrected chi connectivity index (χ1v) is 4.38. The summed E-state index contributed by atoms with van der Waals surface area (Å²) >= 11 is 0. The molecule has 2 unspecified atom stereocenters. The van der Waals surface area contributed by atoms with Crippen LogP contribution in [-0.2, 0) is 4.74 Å². The van der Waals surface area contributed by atoms with Gasteiger partial charge in [0.1, 0.15) is 12.3 Å². The van der Waals surface area contributed by atoms with E-state index in [1.54, 1.807) is 0 Å². The predicted molar refractivity (Wildman–Crippen MR) is 46.5 cm³/mol. The highest BCUT2D eigenvalue weighted by molar-refractivity contribution is 4.58. The van der Waals surface area contributed by atoms with Gasteiger partial charge in [0.15, 0.2) is 0 Å². The van der Waals surface area contributed by atoms with Crippen molar-refractivity contribution < 1.29 is 14.9 Å². The highest BCUT2D eigenvalue weighted by Crippen LogP contribution is 1.95. The van der Waals surface area contributed by atoms with E-state index >= 15 is 0 Å². The largest absolute Gasteiger partial charge is 0.387 e. The van der Waals surface area contributed by atoms with Crippen molar-refractivity contribution in [1.29, 1.82) is 0 Å². The van der Waals surface area contributed by atoms with Crippen molar-refractivity contribution in [3.05, 3.63) is 0 Å². The minimum Gasteiger partial charge on any atom is -0.387 e. The van der Waals surface area contributed by atoms with Gasteiger partial charge in [-0.15, -0.1) is 0 Å². The molecule has 0 saturated carbocycles. The summed E-state index contributed by atoms with van der Waals surface area (Å²) in [7, 11) is 0. The first-order valence-electron chi connectivity index (χ1n) is 4.38. The van der Waals surface area contributed by atoms with E-state index in [1.807, 2.05) is 0 Å². The fourth-order valence-electron chi connectivity index (χ4n) is 0.757. The average Bonchev–Trinajstić information content (AvgIpc) is 2.03. The lowest BCUT2D eigenvalue weighted by Crippen LogP contribution is -2.37. The fraction of sp³-hybridized carbons (Fsp3) is 1.00. The zero-order valence-electron chi connectivity index (χ0n) is 7.57. The number of ether oxygens (including phenoxy) is 1. The SMILES string of the molecule is CCCCCOCC(O)C(N)O. The van der Waals surface area contributed by atoms with Gasteiger partial charge < -0.3 is 20.7 Å². The lowest BCUT2D eigenvalue weighted by molar-refractivity contribution is -0.0356. The topological polar surface area (TPSA) is 75.7 Å². The molecule has 0 aliphatic heterocycles. The number of nitrogens with two attached hydrogens (primary N) is 1. The van der Waals surface area contributed by atoms with Gasteiger partial charge in [0.2, 0.25) is 0 Å². The predicted octanol–water partition coefficient (Wildman–Crippen LogP) is -0.169. The van der Waals surface area contributed by atoms with Gasteiger partial charge in [-0.25, -0.2) is 0 Å². The lowest BCUT2D eigenvalue weighted by atomic mass is 10.3. The zero-order chi connectivity index (χ0) is 9.40. The van der Waals surface area contributed by atoms with E-state index in [0.29, 0.717) is 6.61 Å². The molecular weight excluding hydrogens is 158 g/mol. The third-order valence-electron chi connectivity index (χ3n) is 1.58. The van der Waals surface area contributed by atoms with E-state index in [2.05, 4.69) is 6.92 Å². The van der Waals surface area contributed by atoms with Crippen molar-refractivity contribution in [2.24, 2.45) is 5.73 Å². The molecule has 0 heterocycles. The number of hydrogen-bond donors (Lipinski definition) is 3. The Morgan fingerprint density at radius 3 is 2.50 bits per heavy atom. The van der Waals surface area contributed by atoms with Crippen molar-refractivity contribution in [2.75, 3.05) is 13.2 Å². The van der Waals surface area contributed by atoms with Crippen LogP contribution in [0.4, 0.5) is 0 Å². The van der Waals surface area contributed by atoms with Crippen LogP contribution in [0, 0.1) is 0 Å². The second-order valence-corrected chi connectivity index (χ2v) is 2.84. The molecule has 2 atom stereocenters. The molecule has 0 aromatic heterocycles. The molecule has 0 aliphatic rings. The van der Waals surface area contributed by atoms with Gasteiger partial charge in [-0.2, -0.15) is 0 Å². The fourth-order valence-corrected chi connectivity index (χ4v) is 0.757.